The molecule has 0 amide bonds. The Balaban J connectivity index is 1.46. The fourth-order valence-electron chi connectivity index (χ4n) is 3.07. The fraction of sp³-hybridized carbons (Fsp3) is 0.0870. The predicted molar refractivity (Wildman–Crippen MR) is 133 cm³/mol. The van der Waals surface area contributed by atoms with Crippen LogP contribution in [0.1, 0.15) is 5.56 Å². The van der Waals surface area contributed by atoms with E-state index < -0.39 is 10.0 Å². The third-order valence-electron chi connectivity index (χ3n) is 4.66. The summed E-state index contributed by atoms with van der Waals surface area (Å²) < 4.78 is 33.3. The van der Waals surface area contributed by atoms with E-state index in [0.717, 1.165) is 5.56 Å². The Hall–Kier alpha value is -3.89. The lowest BCUT2D eigenvalue weighted by Crippen LogP contribution is -2.14. The number of rotatable bonds is 8. The van der Waals surface area contributed by atoms with Gasteiger partial charge in [0, 0.05) is 28.7 Å². The van der Waals surface area contributed by atoms with Gasteiger partial charge in [0.15, 0.2) is 0 Å². The molecule has 0 aliphatic heterocycles. The summed E-state index contributed by atoms with van der Waals surface area (Å²) in [5.74, 6) is 2.01. The van der Waals surface area contributed by atoms with Crippen LogP contribution >= 0.6 is 11.6 Å². The number of aromatic nitrogens is 3. The molecular weight excluding hydrogens is 476 g/mol. The van der Waals surface area contributed by atoms with Crippen molar-refractivity contribution in [3.05, 3.63) is 83.8 Å². The Morgan fingerprint density at radius 1 is 0.824 bits per heavy atom. The smallest absolute Gasteiger partial charge is 0.265 e. The molecular formula is C23H21ClN6O3S. The summed E-state index contributed by atoms with van der Waals surface area (Å²) >= 11 is 5.97. The minimum Gasteiger partial charge on any atom is -0.495 e. The zero-order valence-corrected chi connectivity index (χ0v) is 19.9. The largest absolute Gasteiger partial charge is 0.495 e. The highest BCUT2D eigenvalue weighted by Gasteiger charge is 2.20. The Kier molecular flexibility index (Phi) is 6.80. The topological polar surface area (TPSA) is 118 Å². The molecule has 0 spiro atoms. The van der Waals surface area contributed by atoms with Crippen molar-refractivity contribution in [2.45, 2.75) is 11.8 Å². The molecule has 11 heteroatoms. The highest BCUT2D eigenvalue weighted by Crippen LogP contribution is 2.29. The number of anilines is 5. The molecule has 4 aromatic rings. The van der Waals surface area contributed by atoms with E-state index in [-0.39, 0.29) is 15.7 Å². The van der Waals surface area contributed by atoms with Crippen molar-refractivity contribution in [1.82, 2.24) is 15.0 Å². The molecule has 0 fully saturated rings. The van der Waals surface area contributed by atoms with E-state index in [9.17, 15) is 8.42 Å². The van der Waals surface area contributed by atoms with Gasteiger partial charge in [-0.3, -0.25) is 4.72 Å². The Morgan fingerprint density at radius 2 is 1.50 bits per heavy atom. The lowest BCUT2D eigenvalue weighted by molar-refractivity contribution is 0.403. The summed E-state index contributed by atoms with van der Waals surface area (Å²) in [7, 11) is -2.51. The highest BCUT2D eigenvalue weighted by atomic mass is 35.5. The number of aryl methyl sites for hydroxylation is 1. The average molecular weight is 497 g/mol. The lowest BCUT2D eigenvalue weighted by Gasteiger charge is -2.13. The van der Waals surface area contributed by atoms with Crippen molar-refractivity contribution in [2.75, 3.05) is 22.5 Å². The molecule has 2 aromatic heterocycles. The van der Waals surface area contributed by atoms with Crippen LogP contribution in [0, 0.1) is 6.92 Å². The van der Waals surface area contributed by atoms with Crippen molar-refractivity contribution < 1.29 is 13.2 Å². The molecule has 4 rings (SSSR count). The van der Waals surface area contributed by atoms with E-state index in [1.54, 1.807) is 42.6 Å². The molecule has 0 saturated carbocycles. The van der Waals surface area contributed by atoms with Crippen molar-refractivity contribution in [1.29, 1.82) is 0 Å². The molecule has 0 atom stereocenters. The van der Waals surface area contributed by atoms with Crippen LogP contribution in [0.15, 0.2) is 78.1 Å². The maximum atomic E-state index is 12.8. The van der Waals surface area contributed by atoms with Gasteiger partial charge in [0.25, 0.3) is 10.0 Å². The first-order valence-corrected chi connectivity index (χ1v) is 11.9. The first-order chi connectivity index (χ1) is 16.3. The minimum atomic E-state index is -3.90. The van der Waals surface area contributed by atoms with E-state index in [2.05, 4.69) is 30.3 Å². The maximum Gasteiger partial charge on any atom is 0.265 e. The van der Waals surface area contributed by atoms with Gasteiger partial charge in [-0.25, -0.2) is 23.4 Å². The van der Waals surface area contributed by atoms with Gasteiger partial charge in [-0.05, 0) is 67.1 Å². The molecule has 2 heterocycles. The van der Waals surface area contributed by atoms with Crippen molar-refractivity contribution in [3.8, 4) is 5.75 Å². The fourth-order valence-corrected chi connectivity index (χ4v) is 4.56. The van der Waals surface area contributed by atoms with Crippen LogP contribution in [0.5, 0.6) is 5.75 Å². The van der Waals surface area contributed by atoms with E-state index in [0.29, 0.717) is 28.8 Å². The summed E-state index contributed by atoms with van der Waals surface area (Å²) in [5, 5.41) is 6.59. The molecule has 0 radical (unpaired) electrons. The number of benzene rings is 2. The Morgan fingerprint density at radius 3 is 2.21 bits per heavy atom. The van der Waals surface area contributed by atoms with Crippen LogP contribution in [-0.4, -0.2) is 30.5 Å². The quantitative estimate of drug-likeness (QED) is 0.307. The van der Waals surface area contributed by atoms with Crippen LogP contribution in [-0.2, 0) is 10.0 Å². The zero-order valence-electron chi connectivity index (χ0n) is 18.3. The number of nitrogens with zero attached hydrogens (tertiary/aromatic N) is 3. The number of halogens is 1. The number of hydrogen-bond donors (Lipinski definition) is 3. The van der Waals surface area contributed by atoms with Gasteiger partial charge in [-0.1, -0.05) is 11.6 Å². The number of hydrogen-bond acceptors (Lipinski definition) is 8. The van der Waals surface area contributed by atoms with Gasteiger partial charge in [0.2, 0.25) is 0 Å². The number of ether oxygens (including phenoxy) is 1. The van der Waals surface area contributed by atoms with Gasteiger partial charge in [0.1, 0.15) is 34.4 Å². The maximum absolute atomic E-state index is 12.8. The van der Waals surface area contributed by atoms with Crippen molar-refractivity contribution >= 4 is 50.5 Å². The molecule has 0 saturated heterocycles. The monoisotopic (exact) mass is 496 g/mol. The standard InChI is InChI=1S/C23H21ClN6O3S/c1-15-9-10-25-21(11-15)29-23-13-22(26-14-27-23)28-17-4-6-18(7-5-17)30-34(31,32)20-12-16(24)3-8-19(20)33-2/h3-14,30H,1-2H3,(H2,25,26,27,28,29). The molecule has 34 heavy (non-hydrogen) atoms. The van der Waals surface area contributed by atoms with E-state index in [1.165, 1.54) is 25.6 Å². The summed E-state index contributed by atoms with van der Waals surface area (Å²) in [6, 6.07) is 16.7. The van der Waals surface area contributed by atoms with Gasteiger partial charge in [-0.2, -0.15) is 0 Å². The SMILES string of the molecule is COc1ccc(Cl)cc1S(=O)(=O)Nc1ccc(Nc2cc(Nc3cc(C)ccn3)ncn2)cc1. The second kappa shape index (κ2) is 9.94. The molecule has 0 aliphatic rings. The molecule has 0 aliphatic carbocycles. The number of methoxy groups -OCH3 is 1. The van der Waals surface area contributed by atoms with Gasteiger partial charge in [-0.15, -0.1) is 0 Å². The Labute approximate surface area is 202 Å². The first-order valence-electron chi connectivity index (χ1n) is 10.1. The summed E-state index contributed by atoms with van der Waals surface area (Å²) in [4.78, 5) is 12.6. The molecule has 3 N–H and O–H groups in total. The first kappa shape index (κ1) is 23.3. The van der Waals surface area contributed by atoms with E-state index in [1.807, 2.05) is 19.1 Å². The highest BCUT2D eigenvalue weighted by molar-refractivity contribution is 7.92. The van der Waals surface area contributed by atoms with Crippen LogP contribution < -0.4 is 20.1 Å². The number of nitrogens with one attached hydrogen (secondary N) is 3. The van der Waals surface area contributed by atoms with Gasteiger partial charge < -0.3 is 15.4 Å². The summed E-state index contributed by atoms with van der Waals surface area (Å²) in [6.45, 7) is 1.98. The van der Waals surface area contributed by atoms with Gasteiger partial charge in [0.05, 0.1) is 7.11 Å². The predicted octanol–water partition coefficient (Wildman–Crippen LogP) is 5.13. The zero-order chi connectivity index (χ0) is 24.1. The third-order valence-corrected chi connectivity index (χ3v) is 6.30. The minimum absolute atomic E-state index is 0.0474. The molecule has 0 bridgehead atoms. The molecule has 0 unspecified atom stereocenters. The molecule has 2 aromatic carbocycles. The third kappa shape index (κ3) is 5.72. The lowest BCUT2D eigenvalue weighted by atomic mass is 10.3. The number of sulfonamides is 1. The van der Waals surface area contributed by atoms with Crippen LogP contribution in [0.3, 0.4) is 0 Å². The van der Waals surface area contributed by atoms with Crippen LogP contribution in [0.25, 0.3) is 0 Å². The van der Waals surface area contributed by atoms with E-state index >= 15 is 0 Å². The normalized spacial score (nSPS) is 11.0. The Bertz CT molecular complexity index is 1410. The van der Waals surface area contributed by atoms with Crippen molar-refractivity contribution in [3.63, 3.8) is 0 Å². The second-order valence-electron chi connectivity index (χ2n) is 7.23. The average Bonchev–Trinajstić information content (AvgIpc) is 2.80. The van der Waals surface area contributed by atoms with E-state index in [4.69, 9.17) is 16.3 Å². The van der Waals surface area contributed by atoms with Gasteiger partial charge >= 0.3 is 0 Å². The number of pyridine rings is 1. The summed E-state index contributed by atoms with van der Waals surface area (Å²) in [6.07, 6.45) is 3.15. The van der Waals surface area contributed by atoms with Crippen LogP contribution in [0.4, 0.5) is 28.8 Å². The summed E-state index contributed by atoms with van der Waals surface area (Å²) in [5.41, 5.74) is 2.17. The van der Waals surface area contributed by atoms with Crippen molar-refractivity contribution in [2.24, 2.45) is 0 Å². The second-order valence-corrected chi connectivity index (χ2v) is 9.32. The molecule has 9 nitrogen and oxygen atoms in total. The molecule has 174 valence electrons. The van der Waals surface area contributed by atoms with Crippen LogP contribution in [0.2, 0.25) is 5.02 Å².